The van der Waals surface area contributed by atoms with Gasteiger partial charge in [-0.2, -0.15) is 0 Å². The van der Waals surface area contributed by atoms with E-state index in [9.17, 15) is 15.2 Å². The van der Waals surface area contributed by atoms with Gasteiger partial charge in [0.15, 0.2) is 40.0 Å². The summed E-state index contributed by atoms with van der Waals surface area (Å²) in [6.45, 7) is 0. The maximum atomic E-state index is 10.5. The molecule has 0 amide bonds. The van der Waals surface area contributed by atoms with Crippen LogP contribution in [0.3, 0.4) is 0 Å². The second kappa shape index (κ2) is 7.69. The molecule has 110 valence electrons. The lowest BCUT2D eigenvalue weighted by molar-refractivity contribution is -0.384. The number of hydrogen-bond acceptors (Lipinski definition) is 5. The van der Waals surface area contributed by atoms with Crippen LogP contribution in [0.2, 0.25) is 0 Å². The van der Waals surface area contributed by atoms with Crippen LogP contribution in [0, 0.1) is 10.1 Å². The number of rotatable bonds is 6. The van der Waals surface area contributed by atoms with Crippen LogP contribution in [0.1, 0.15) is 17.4 Å². The van der Waals surface area contributed by atoms with Crippen LogP contribution in [-0.4, -0.2) is 16.3 Å². The molecule has 11 heteroatoms. The number of halogens is 4. The van der Waals surface area contributed by atoms with E-state index in [2.05, 4.69) is 10.00 Å². The van der Waals surface area contributed by atoms with Crippen molar-refractivity contribution in [3.05, 3.63) is 39.9 Å². The Morgan fingerprint density at radius 2 is 1.85 bits per heavy atom. The topological polar surface area (TPSA) is 88.1 Å². The van der Waals surface area contributed by atoms with Gasteiger partial charge in [-0.05, 0) is 5.56 Å². The second-order valence-corrected chi connectivity index (χ2v) is 11.2. The van der Waals surface area contributed by atoms with Crippen molar-refractivity contribution in [2.45, 2.75) is 18.0 Å². The van der Waals surface area contributed by atoms with Crippen molar-refractivity contribution in [3.8, 4) is 0 Å². The van der Waals surface area contributed by atoms with Gasteiger partial charge in [-0.3, -0.25) is 10.1 Å². The quantitative estimate of drug-likeness (QED) is 0.235. The zero-order chi connectivity index (χ0) is 15.3. The lowest BCUT2D eigenvalue weighted by Crippen LogP contribution is -2.06. The number of nitrogens with zero attached hydrogens (tertiary/aromatic N) is 3. The molecule has 20 heavy (non-hydrogen) atoms. The van der Waals surface area contributed by atoms with Crippen LogP contribution in [-0.2, 0) is 0 Å². The third-order valence-electron chi connectivity index (χ3n) is 2.17. The van der Waals surface area contributed by atoms with Gasteiger partial charge < -0.3 is 5.11 Å². The monoisotopic (exact) mass is 378 g/mol. The average molecular weight is 380 g/mol. The zero-order valence-electron chi connectivity index (χ0n) is 9.74. The minimum absolute atomic E-state index is 0.0353. The first-order valence-electron chi connectivity index (χ1n) is 5.16. The number of hydrogen-bond donors (Lipinski definition) is 1. The van der Waals surface area contributed by atoms with Gasteiger partial charge in [0.2, 0.25) is 0 Å². The molecular weight excluding hydrogens is 371 g/mol. The van der Waals surface area contributed by atoms with Crippen molar-refractivity contribution < 1.29 is 10.0 Å². The molecule has 0 aliphatic carbocycles. The first-order chi connectivity index (χ1) is 9.19. The fourth-order valence-corrected chi connectivity index (χ4v) is 2.18. The van der Waals surface area contributed by atoms with Gasteiger partial charge >= 0.3 is 5.47 Å². The molecule has 1 aromatic rings. The molecule has 0 radical (unpaired) electrons. The highest BCUT2D eigenvalue weighted by Gasteiger charge is 2.34. The van der Waals surface area contributed by atoms with E-state index in [1.807, 2.05) is 0 Å². The summed E-state index contributed by atoms with van der Waals surface area (Å²) >= 11 is 22.4. The number of nitro groups is 1. The summed E-state index contributed by atoms with van der Waals surface area (Å²) in [5, 5.41) is 22.9. The van der Waals surface area contributed by atoms with Crippen molar-refractivity contribution in [1.29, 1.82) is 0 Å². The van der Waals surface area contributed by atoms with Crippen LogP contribution in [0.4, 0.5) is 5.69 Å². The summed E-state index contributed by atoms with van der Waals surface area (Å²) in [5.41, 5.74) is -2.44. The number of aliphatic hydroxyl groups excluding tert-OH is 1. The zero-order valence-corrected chi connectivity index (χ0v) is 13.7. The predicted molar refractivity (Wildman–Crippen MR) is 81.6 cm³/mol. The maximum absolute atomic E-state index is 10.5. The van der Waals surface area contributed by atoms with Gasteiger partial charge in [0, 0.05) is 23.4 Å². The Morgan fingerprint density at radius 3 is 2.30 bits per heavy atom. The van der Waals surface area contributed by atoms with E-state index in [1.54, 1.807) is 0 Å². The highest BCUT2D eigenvalue weighted by Crippen LogP contribution is 2.75. The lowest BCUT2D eigenvalue weighted by atomic mass is 10.1. The molecule has 0 bridgehead atoms. The first kappa shape index (κ1) is 17.8. The van der Waals surface area contributed by atoms with E-state index in [4.69, 9.17) is 45.3 Å². The Labute approximate surface area is 134 Å². The second-order valence-electron chi connectivity index (χ2n) is 3.66. The molecule has 0 aromatic heterocycles. The average Bonchev–Trinajstić information content (AvgIpc) is 2.35. The van der Waals surface area contributed by atoms with Gasteiger partial charge in [0.25, 0.3) is 5.69 Å². The molecule has 1 aromatic carbocycles. The molecule has 0 heterocycles. The van der Waals surface area contributed by atoms with E-state index < -0.39 is 22.0 Å². The Bertz CT molecular complexity index is 494. The largest absolute Gasteiger partial charge is 0.444 e. The van der Waals surface area contributed by atoms with E-state index in [-0.39, 0.29) is 12.1 Å². The van der Waals surface area contributed by atoms with Crippen molar-refractivity contribution in [1.82, 2.24) is 0 Å². The number of non-ortho nitro benzene ring substituents is 1. The molecule has 0 aliphatic heterocycles. The lowest BCUT2D eigenvalue weighted by Gasteiger charge is -2.10. The van der Waals surface area contributed by atoms with Gasteiger partial charge in [-0.1, -0.05) is 12.1 Å². The number of nitro benzene ring substituents is 1. The fraction of sp³-hybridized carbons (Fsp3) is 0.333. The molecular formula is C9H9Cl4N3O3P+. The Morgan fingerprint density at radius 1 is 1.30 bits per heavy atom. The first-order valence-corrected chi connectivity index (χ1v) is 10.1. The van der Waals surface area contributed by atoms with E-state index in [1.165, 1.54) is 24.3 Å². The third-order valence-corrected chi connectivity index (χ3v) is 3.51. The molecule has 1 N–H and O–H groups in total. The number of aliphatic hydroxyl groups is 1. The number of alkyl halides is 1. The summed E-state index contributed by atoms with van der Waals surface area (Å²) in [6.07, 6.45) is -1.18. The molecule has 6 nitrogen and oxygen atoms in total. The van der Waals surface area contributed by atoms with E-state index in [0.717, 1.165) is 0 Å². The smallest absolute Gasteiger partial charge is 0.370 e. The van der Waals surface area contributed by atoms with Gasteiger partial charge in [-0.15, -0.1) is 16.7 Å². The van der Waals surface area contributed by atoms with Crippen LogP contribution in [0.25, 0.3) is 0 Å². The fourth-order valence-electron chi connectivity index (χ4n) is 1.29. The molecule has 0 saturated carbocycles. The molecule has 2 unspecified atom stereocenters. The summed E-state index contributed by atoms with van der Waals surface area (Å²) in [7, 11) is 0. The molecule has 0 spiro atoms. The van der Waals surface area contributed by atoms with Crippen molar-refractivity contribution in [3.63, 3.8) is 0 Å². The molecule has 0 aliphatic rings. The SMILES string of the molecule is O=[N+]([O-])c1ccc(C(Cl)CC(O)N=N[P+](Cl)(Cl)Cl)cc1. The summed E-state index contributed by atoms with van der Waals surface area (Å²) in [4.78, 5) is 13.4. The molecule has 0 fully saturated rings. The standard InChI is InChI=1S/C9H9Cl4N3O3P/c10-8(5-9(17)14-15-20(11,12)13)6-1-3-7(4-2-6)16(18)19/h1-4,8-9,17H,5H2/q+1. The van der Waals surface area contributed by atoms with E-state index in [0.29, 0.717) is 5.56 Å². The molecule has 2 atom stereocenters. The highest BCUT2D eigenvalue weighted by atomic mass is 36.1. The van der Waals surface area contributed by atoms with Gasteiger partial charge in [0.05, 0.1) is 10.3 Å². The van der Waals surface area contributed by atoms with Crippen LogP contribution < -0.4 is 0 Å². The highest BCUT2D eigenvalue weighted by molar-refractivity contribution is 8.31. The summed E-state index contributed by atoms with van der Waals surface area (Å²) < 4.78 is 0. The van der Waals surface area contributed by atoms with Crippen molar-refractivity contribution in [2.75, 3.05) is 0 Å². The van der Waals surface area contributed by atoms with Gasteiger partial charge in [-0.25, -0.2) is 0 Å². The maximum Gasteiger partial charge on any atom is 0.444 e. The summed E-state index contributed by atoms with van der Waals surface area (Å²) in [6, 6.07) is 5.65. The Kier molecular flexibility index (Phi) is 6.85. The normalized spacial score (nSPS) is 15.2. The summed E-state index contributed by atoms with van der Waals surface area (Å²) in [5.74, 6) is 0. The van der Waals surface area contributed by atoms with Crippen LogP contribution >= 0.6 is 50.8 Å². The van der Waals surface area contributed by atoms with Crippen LogP contribution in [0.5, 0.6) is 0 Å². The Hall–Kier alpha value is -0.230. The Balaban J connectivity index is 2.64. The minimum atomic E-state index is -3.01. The predicted octanol–water partition coefficient (Wildman–Crippen LogP) is 5.43. The third kappa shape index (κ3) is 6.48. The molecule has 1 rings (SSSR count). The van der Waals surface area contributed by atoms with Crippen LogP contribution in [0.15, 0.2) is 34.3 Å². The van der Waals surface area contributed by atoms with Crippen molar-refractivity contribution in [2.24, 2.45) is 10.00 Å². The van der Waals surface area contributed by atoms with Crippen molar-refractivity contribution >= 4 is 56.5 Å². The molecule has 0 saturated heterocycles. The van der Waals surface area contributed by atoms with Gasteiger partial charge in [0.1, 0.15) is 0 Å². The van der Waals surface area contributed by atoms with E-state index >= 15 is 0 Å². The number of benzene rings is 1. The minimum Gasteiger partial charge on any atom is -0.370 e.